The van der Waals surface area contributed by atoms with E-state index in [1.54, 1.807) is 7.11 Å². The lowest BCUT2D eigenvalue weighted by molar-refractivity contribution is -0.142. The maximum atomic E-state index is 11.3. The van der Waals surface area contributed by atoms with Gasteiger partial charge >= 0.3 is 5.97 Å². The molecule has 0 saturated heterocycles. The smallest absolute Gasteiger partial charge is 0.308 e. The van der Waals surface area contributed by atoms with E-state index in [0.29, 0.717) is 5.92 Å². The first-order valence-corrected chi connectivity index (χ1v) is 5.95. The molecule has 1 fully saturated rings. The molecule has 1 aliphatic carbocycles. The van der Waals surface area contributed by atoms with Crippen molar-refractivity contribution >= 4 is 5.97 Å². The van der Waals surface area contributed by atoms with Crippen LogP contribution in [0.5, 0.6) is 5.75 Å². The van der Waals surface area contributed by atoms with Crippen molar-refractivity contribution in [3.05, 3.63) is 29.8 Å². The molecule has 3 nitrogen and oxygen atoms in total. The number of rotatable bonds is 5. The Kier molecular flexibility index (Phi) is 3.67. The van der Waals surface area contributed by atoms with Gasteiger partial charge in [0.2, 0.25) is 0 Å². The van der Waals surface area contributed by atoms with Crippen LogP contribution in [-0.4, -0.2) is 20.2 Å². The zero-order valence-corrected chi connectivity index (χ0v) is 10.3. The molecular formula is C14H18O3. The fraction of sp³-hybridized carbons (Fsp3) is 0.500. The average Bonchev–Trinajstić information content (AvgIpc) is 3.15. The van der Waals surface area contributed by atoms with Crippen molar-refractivity contribution in [1.82, 2.24) is 0 Å². The molecule has 0 spiro atoms. The van der Waals surface area contributed by atoms with E-state index < -0.39 is 0 Å². The van der Waals surface area contributed by atoms with E-state index in [2.05, 4.69) is 12.1 Å². The third-order valence-corrected chi connectivity index (χ3v) is 3.36. The standard InChI is InChI=1S/C14H18O3/c1-16-12-5-3-4-10(8-12)6-7-11-9-13(11)14(15)17-2/h3-5,8,11,13H,6-7,9H2,1-2H3. The predicted octanol–water partition coefficient (Wildman–Crippen LogP) is 2.44. The monoisotopic (exact) mass is 234 g/mol. The van der Waals surface area contributed by atoms with Gasteiger partial charge in [-0.15, -0.1) is 0 Å². The van der Waals surface area contributed by atoms with Gasteiger partial charge in [-0.05, 0) is 42.9 Å². The number of aryl methyl sites for hydroxylation is 1. The highest BCUT2D eigenvalue weighted by molar-refractivity contribution is 5.75. The number of carbonyl (C=O) groups is 1. The van der Waals surface area contributed by atoms with Gasteiger partial charge in [0.25, 0.3) is 0 Å². The van der Waals surface area contributed by atoms with Crippen molar-refractivity contribution in [3.63, 3.8) is 0 Å². The summed E-state index contributed by atoms with van der Waals surface area (Å²) in [5.41, 5.74) is 1.26. The minimum atomic E-state index is -0.0550. The molecule has 2 atom stereocenters. The zero-order valence-electron chi connectivity index (χ0n) is 10.3. The first-order valence-electron chi connectivity index (χ1n) is 5.95. The highest BCUT2D eigenvalue weighted by atomic mass is 16.5. The molecule has 3 heteroatoms. The largest absolute Gasteiger partial charge is 0.497 e. The lowest BCUT2D eigenvalue weighted by Gasteiger charge is -2.04. The van der Waals surface area contributed by atoms with E-state index in [1.807, 2.05) is 12.1 Å². The Hall–Kier alpha value is -1.51. The molecule has 0 N–H and O–H groups in total. The van der Waals surface area contributed by atoms with Crippen molar-refractivity contribution < 1.29 is 14.3 Å². The maximum Gasteiger partial charge on any atom is 0.308 e. The van der Waals surface area contributed by atoms with Crippen LogP contribution in [0.3, 0.4) is 0 Å². The van der Waals surface area contributed by atoms with Gasteiger partial charge < -0.3 is 9.47 Å². The van der Waals surface area contributed by atoms with Crippen LogP contribution in [0, 0.1) is 11.8 Å². The van der Waals surface area contributed by atoms with Crippen LogP contribution < -0.4 is 4.74 Å². The molecule has 1 aliphatic rings. The number of ether oxygens (including phenoxy) is 2. The summed E-state index contributed by atoms with van der Waals surface area (Å²) < 4.78 is 9.91. The average molecular weight is 234 g/mol. The van der Waals surface area contributed by atoms with Crippen LogP contribution in [0.25, 0.3) is 0 Å². The summed E-state index contributed by atoms with van der Waals surface area (Å²) in [5.74, 6) is 1.49. The van der Waals surface area contributed by atoms with Crippen LogP contribution >= 0.6 is 0 Å². The summed E-state index contributed by atoms with van der Waals surface area (Å²) in [4.78, 5) is 11.3. The number of hydrogen-bond acceptors (Lipinski definition) is 3. The highest BCUT2D eigenvalue weighted by Gasteiger charge is 2.43. The minimum Gasteiger partial charge on any atom is -0.497 e. The van der Waals surface area contributed by atoms with Crippen LogP contribution in [0.2, 0.25) is 0 Å². The summed E-state index contributed by atoms with van der Waals surface area (Å²) in [7, 11) is 3.13. The molecule has 2 rings (SSSR count). The second kappa shape index (κ2) is 5.21. The molecule has 0 heterocycles. The summed E-state index contributed by atoms with van der Waals surface area (Å²) in [6, 6.07) is 8.09. The summed E-state index contributed by atoms with van der Waals surface area (Å²) >= 11 is 0. The van der Waals surface area contributed by atoms with Gasteiger partial charge in [0.1, 0.15) is 5.75 Å². The molecular weight excluding hydrogens is 216 g/mol. The molecule has 0 radical (unpaired) electrons. The van der Waals surface area contributed by atoms with Crippen molar-refractivity contribution in [3.8, 4) is 5.75 Å². The predicted molar refractivity (Wildman–Crippen MR) is 64.9 cm³/mol. The first-order chi connectivity index (χ1) is 8.24. The molecule has 0 amide bonds. The van der Waals surface area contributed by atoms with E-state index in [-0.39, 0.29) is 11.9 Å². The molecule has 2 unspecified atom stereocenters. The number of esters is 1. The Morgan fingerprint density at radius 3 is 2.94 bits per heavy atom. The molecule has 1 aromatic rings. The molecule has 0 aromatic heterocycles. The first kappa shape index (κ1) is 12.0. The molecule has 0 bridgehead atoms. The van der Waals surface area contributed by atoms with Crippen molar-refractivity contribution in [2.24, 2.45) is 11.8 Å². The van der Waals surface area contributed by atoms with Crippen molar-refractivity contribution in [2.45, 2.75) is 19.3 Å². The van der Waals surface area contributed by atoms with Crippen LogP contribution in [-0.2, 0) is 16.0 Å². The van der Waals surface area contributed by atoms with Gasteiger partial charge in [-0.25, -0.2) is 0 Å². The van der Waals surface area contributed by atoms with Gasteiger partial charge in [-0.3, -0.25) is 4.79 Å². The van der Waals surface area contributed by atoms with Crippen molar-refractivity contribution in [2.75, 3.05) is 14.2 Å². The van der Waals surface area contributed by atoms with E-state index in [4.69, 9.17) is 9.47 Å². The van der Waals surface area contributed by atoms with Crippen molar-refractivity contribution in [1.29, 1.82) is 0 Å². The second-order valence-electron chi connectivity index (χ2n) is 4.52. The van der Waals surface area contributed by atoms with Crippen LogP contribution in [0.1, 0.15) is 18.4 Å². The van der Waals surface area contributed by atoms with Gasteiger partial charge in [-0.2, -0.15) is 0 Å². The van der Waals surface area contributed by atoms with Crippen LogP contribution in [0.4, 0.5) is 0 Å². The van der Waals surface area contributed by atoms with Gasteiger partial charge in [-0.1, -0.05) is 12.1 Å². The van der Waals surface area contributed by atoms with Gasteiger partial charge in [0.15, 0.2) is 0 Å². The Morgan fingerprint density at radius 1 is 1.41 bits per heavy atom. The molecule has 92 valence electrons. The Balaban J connectivity index is 1.81. The van der Waals surface area contributed by atoms with E-state index >= 15 is 0 Å². The summed E-state index contributed by atoms with van der Waals surface area (Å²) in [6.07, 6.45) is 3.03. The molecule has 1 saturated carbocycles. The number of methoxy groups -OCH3 is 2. The van der Waals surface area contributed by atoms with E-state index in [0.717, 1.165) is 25.0 Å². The fourth-order valence-corrected chi connectivity index (χ4v) is 2.19. The highest BCUT2D eigenvalue weighted by Crippen LogP contribution is 2.42. The second-order valence-corrected chi connectivity index (χ2v) is 4.52. The van der Waals surface area contributed by atoms with E-state index in [1.165, 1.54) is 12.7 Å². The third-order valence-electron chi connectivity index (χ3n) is 3.36. The normalized spacial score (nSPS) is 22.0. The SMILES string of the molecule is COC(=O)C1CC1CCc1cccc(OC)c1. The lowest BCUT2D eigenvalue weighted by Crippen LogP contribution is -2.04. The molecule has 1 aromatic carbocycles. The Bertz CT molecular complexity index is 400. The zero-order chi connectivity index (χ0) is 12.3. The quantitative estimate of drug-likeness (QED) is 0.734. The summed E-state index contributed by atoms with van der Waals surface area (Å²) in [6.45, 7) is 0. The molecule has 0 aliphatic heterocycles. The van der Waals surface area contributed by atoms with Crippen LogP contribution in [0.15, 0.2) is 24.3 Å². The number of carbonyl (C=O) groups excluding carboxylic acids is 1. The topological polar surface area (TPSA) is 35.5 Å². The lowest BCUT2D eigenvalue weighted by atomic mass is 10.1. The number of hydrogen-bond donors (Lipinski definition) is 0. The summed E-state index contributed by atoms with van der Waals surface area (Å²) in [5, 5.41) is 0. The maximum absolute atomic E-state index is 11.3. The molecule has 17 heavy (non-hydrogen) atoms. The Morgan fingerprint density at radius 2 is 2.24 bits per heavy atom. The van der Waals surface area contributed by atoms with E-state index in [9.17, 15) is 4.79 Å². The van der Waals surface area contributed by atoms with Gasteiger partial charge in [0.05, 0.1) is 20.1 Å². The number of benzene rings is 1. The van der Waals surface area contributed by atoms with Gasteiger partial charge in [0, 0.05) is 0 Å². The minimum absolute atomic E-state index is 0.0550. The Labute approximate surface area is 102 Å². The third kappa shape index (κ3) is 2.99. The fourth-order valence-electron chi connectivity index (χ4n) is 2.19.